The molecule has 0 unspecified atom stereocenters. The van der Waals surface area contributed by atoms with Gasteiger partial charge in [0, 0.05) is 45.8 Å². The van der Waals surface area contributed by atoms with E-state index in [-0.39, 0.29) is 49.3 Å². The lowest BCUT2D eigenvalue weighted by molar-refractivity contribution is -0.121. The van der Waals surface area contributed by atoms with Crippen LogP contribution in [0.3, 0.4) is 0 Å². The third-order valence-electron chi connectivity index (χ3n) is 4.90. The van der Waals surface area contributed by atoms with Crippen LogP contribution in [0.2, 0.25) is 0 Å². The predicted molar refractivity (Wildman–Crippen MR) is 131 cm³/mol. The van der Waals surface area contributed by atoms with Gasteiger partial charge in [-0.15, -0.1) is 0 Å². The van der Waals surface area contributed by atoms with Gasteiger partial charge in [-0.2, -0.15) is 0 Å². The summed E-state index contributed by atoms with van der Waals surface area (Å²) in [4.78, 5) is 49.6. The summed E-state index contributed by atoms with van der Waals surface area (Å²) in [6.45, 7) is 4.40. The van der Waals surface area contributed by atoms with Crippen molar-refractivity contribution in [3.8, 4) is 0 Å². The average Bonchev–Trinajstić information content (AvgIpc) is 2.81. The molecule has 0 bridgehead atoms. The second-order valence-electron chi connectivity index (χ2n) is 7.86. The summed E-state index contributed by atoms with van der Waals surface area (Å²) >= 11 is 0. The molecule has 0 aliphatic heterocycles. The molecule has 1 rings (SSSR count). The van der Waals surface area contributed by atoms with Gasteiger partial charge in [0.25, 0.3) is 0 Å². The van der Waals surface area contributed by atoms with Gasteiger partial charge in [0.15, 0.2) is 0 Å². The number of amides is 4. The Hall–Kier alpha value is -3.02. The zero-order valence-electron chi connectivity index (χ0n) is 20.0. The Morgan fingerprint density at radius 1 is 0.559 bits per heavy atom. The molecule has 0 spiro atoms. The van der Waals surface area contributed by atoms with E-state index in [2.05, 4.69) is 21.3 Å². The Bertz CT molecular complexity index is 700. The lowest BCUT2D eigenvalue weighted by Crippen LogP contribution is -2.33. The maximum absolute atomic E-state index is 12.4. The smallest absolute Gasteiger partial charge is 0.224 e. The summed E-state index contributed by atoms with van der Waals surface area (Å²) in [5.74, 6) is -0.921. The second kappa shape index (κ2) is 16.6. The van der Waals surface area contributed by atoms with Gasteiger partial charge in [-0.25, -0.2) is 0 Å². The molecule has 1 aromatic rings. The number of nitrogens with one attached hydrogen (secondary N) is 4. The van der Waals surface area contributed by atoms with E-state index in [1.807, 2.05) is 6.92 Å². The fourth-order valence-corrected chi connectivity index (χ4v) is 3.29. The monoisotopic (exact) mass is 477 g/mol. The molecule has 0 aliphatic rings. The van der Waals surface area contributed by atoms with Crippen LogP contribution in [0.15, 0.2) is 12.1 Å². The van der Waals surface area contributed by atoms with E-state index < -0.39 is 0 Å². The van der Waals surface area contributed by atoms with Crippen LogP contribution in [-0.4, -0.2) is 69.4 Å². The Balaban J connectivity index is 3.34. The first-order valence-corrected chi connectivity index (χ1v) is 11.6. The lowest BCUT2D eigenvalue weighted by Gasteiger charge is -2.17. The molecule has 0 fully saturated rings. The van der Waals surface area contributed by atoms with Crippen LogP contribution < -0.4 is 38.5 Å². The topological polar surface area (TPSA) is 194 Å². The standard InChI is InChI=1S/C23H39N7O4/c1-2-6-27-20(31)12-16-10-18(14-22(33)29-8-4-25)19(15-23(34)30-9-5-26)11-17(16)13-21(32)28-7-3-24/h10-11H,2-9,12-15,24-26H2,1H3,(H,27,31)(H,28,32)(H,29,33)(H,30,34). The minimum absolute atomic E-state index is 0.0131. The van der Waals surface area contributed by atoms with Crippen LogP contribution in [0.5, 0.6) is 0 Å². The number of nitrogens with two attached hydrogens (primary N) is 3. The van der Waals surface area contributed by atoms with E-state index in [0.717, 1.165) is 6.42 Å². The molecule has 34 heavy (non-hydrogen) atoms. The predicted octanol–water partition coefficient (Wildman–Crippen LogP) is -2.39. The van der Waals surface area contributed by atoms with Gasteiger partial charge in [-0.1, -0.05) is 19.1 Å². The van der Waals surface area contributed by atoms with Crippen molar-refractivity contribution in [2.45, 2.75) is 39.0 Å². The number of hydrogen-bond donors (Lipinski definition) is 7. The van der Waals surface area contributed by atoms with Gasteiger partial charge >= 0.3 is 0 Å². The van der Waals surface area contributed by atoms with Crippen molar-refractivity contribution in [1.82, 2.24) is 21.3 Å². The summed E-state index contributed by atoms with van der Waals surface area (Å²) in [7, 11) is 0. The first-order chi connectivity index (χ1) is 16.3. The van der Waals surface area contributed by atoms with Gasteiger partial charge in [-0.3, -0.25) is 19.2 Å². The molecule has 10 N–H and O–H groups in total. The van der Waals surface area contributed by atoms with Gasteiger partial charge in [0.05, 0.1) is 25.7 Å². The summed E-state index contributed by atoms with van der Waals surface area (Å²) in [5.41, 5.74) is 18.9. The largest absolute Gasteiger partial charge is 0.356 e. The van der Waals surface area contributed by atoms with Crippen LogP contribution in [-0.2, 0) is 44.9 Å². The molecule has 0 saturated carbocycles. The SMILES string of the molecule is CCCNC(=O)Cc1cc(CC(=O)NCCN)c(CC(=O)NCCN)cc1CC(=O)NCCN. The Labute approximate surface area is 201 Å². The molecular weight excluding hydrogens is 438 g/mol. The van der Waals surface area contributed by atoms with Crippen LogP contribution in [0, 0.1) is 0 Å². The van der Waals surface area contributed by atoms with E-state index >= 15 is 0 Å². The quantitative estimate of drug-likeness (QED) is 0.138. The van der Waals surface area contributed by atoms with Gasteiger partial charge in [0.1, 0.15) is 0 Å². The number of hydrogen-bond acceptors (Lipinski definition) is 7. The van der Waals surface area contributed by atoms with E-state index in [1.54, 1.807) is 12.1 Å². The van der Waals surface area contributed by atoms with Crippen LogP contribution in [0.4, 0.5) is 0 Å². The fraction of sp³-hybridized carbons (Fsp3) is 0.565. The highest BCUT2D eigenvalue weighted by Gasteiger charge is 2.18. The Morgan fingerprint density at radius 2 is 0.824 bits per heavy atom. The van der Waals surface area contributed by atoms with E-state index in [0.29, 0.717) is 68.1 Å². The fourth-order valence-electron chi connectivity index (χ4n) is 3.29. The maximum atomic E-state index is 12.4. The molecule has 0 saturated heterocycles. The minimum Gasteiger partial charge on any atom is -0.356 e. The second-order valence-corrected chi connectivity index (χ2v) is 7.86. The zero-order valence-corrected chi connectivity index (χ0v) is 20.0. The van der Waals surface area contributed by atoms with Crippen LogP contribution in [0.1, 0.15) is 35.6 Å². The van der Waals surface area contributed by atoms with E-state index in [1.165, 1.54) is 0 Å². The number of benzene rings is 1. The molecule has 1 aromatic carbocycles. The Kier molecular flexibility index (Phi) is 14.1. The first-order valence-electron chi connectivity index (χ1n) is 11.6. The molecule has 0 aliphatic carbocycles. The highest BCUT2D eigenvalue weighted by molar-refractivity contribution is 5.85. The van der Waals surface area contributed by atoms with Gasteiger partial charge in [0.2, 0.25) is 23.6 Å². The van der Waals surface area contributed by atoms with Gasteiger partial charge in [-0.05, 0) is 28.7 Å². The first kappa shape index (κ1) is 29.0. The van der Waals surface area contributed by atoms with Crippen LogP contribution in [0.25, 0.3) is 0 Å². The maximum Gasteiger partial charge on any atom is 0.224 e. The molecule has 0 radical (unpaired) electrons. The lowest BCUT2D eigenvalue weighted by atomic mass is 9.91. The van der Waals surface area contributed by atoms with Crippen LogP contribution >= 0.6 is 0 Å². The summed E-state index contributed by atoms with van der Waals surface area (Å²) in [6.07, 6.45) is 0.898. The van der Waals surface area contributed by atoms with E-state index in [4.69, 9.17) is 17.2 Å². The molecule has 11 heteroatoms. The molecule has 0 aromatic heterocycles. The minimum atomic E-state index is -0.249. The molecule has 0 heterocycles. The molecular formula is C23H39N7O4. The molecule has 11 nitrogen and oxygen atoms in total. The van der Waals surface area contributed by atoms with E-state index in [9.17, 15) is 19.2 Å². The van der Waals surface area contributed by atoms with Crippen molar-refractivity contribution in [3.05, 3.63) is 34.4 Å². The number of carbonyl (C=O) groups excluding carboxylic acids is 4. The highest BCUT2D eigenvalue weighted by Crippen LogP contribution is 2.21. The highest BCUT2D eigenvalue weighted by atomic mass is 16.2. The third-order valence-corrected chi connectivity index (χ3v) is 4.90. The molecule has 0 atom stereocenters. The normalized spacial score (nSPS) is 10.5. The average molecular weight is 478 g/mol. The molecule has 4 amide bonds. The summed E-state index contributed by atoms with van der Waals surface area (Å²) in [6, 6.07) is 3.47. The third kappa shape index (κ3) is 11.2. The molecule has 190 valence electrons. The number of rotatable bonds is 16. The van der Waals surface area contributed by atoms with Crippen molar-refractivity contribution in [3.63, 3.8) is 0 Å². The zero-order chi connectivity index (χ0) is 25.3. The summed E-state index contributed by atoms with van der Waals surface area (Å²) in [5, 5.41) is 11.0. The van der Waals surface area contributed by atoms with Crippen molar-refractivity contribution < 1.29 is 19.2 Å². The van der Waals surface area contributed by atoms with Crippen molar-refractivity contribution >= 4 is 23.6 Å². The Morgan fingerprint density at radius 3 is 1.06 bits per heavy atom. The summed E-state index contributed by atoms with van der Waals surface area (Å²) < 4.78 is 0. The van der Waals surface area contributed by atoms with Crippen molar-refractivity contribution in [1.29, 1.82) is 0 Å². The number of carbonyl (C=O) groups is 4. The van der Waals surface area contributed by atoms with Crippen molar-refractivity contribution in [2.24, 2.45) is 17.2 Å². The van der Waals surface area contributed by atoms with Crippen molar-refractivity contribution in [2.75, 3.05) is 45.8 Å². The van der Waals surface area contributed by atoms with Gasteiger partial charge < -0.3 is 38.5 Å².